The second-order valence-electron chi connectivity index (χ2n) is 4.04. The summed E-state index contributed by atoms with van der Waals surface area (Å²) in [5, 5.41) is 18.6. The molecule has 2 N–H and O–H groups in total. The fraction of sp³-hybridized carbons (Fsp3) is 0.200. The Labute approximate surface area is 106 Å². The summed E-state index contributed by atoms with van der Waals surface area (Å²) in [6, 6.07) is 14.6. The fourth-order valence-electron chi connectivity index (χ4n) is 1.69. The molecule has 0 saturated heterocycles. The maximum absolute atomic E-state index is 9.75. The average Bonchev–Trinajstić information content (AvgIpc) is 2.41. The van der Waals surface area contributed by atoms with E-state index in [2.05, 4.69) is 0 Å². The van der Waals surface area contributed by atoms with Crippen LogP contribution >= 0.6 is 0 Å². The summed E-state index contributed by atoms with van der Waals surface area (Å²) in [4.78, 5) is 0. The van der Waals surface area contributed by atoms with E-state index in [1.54, 1.807) is 12.1 Å². The largest absolute Gasteiger partial charge is 0.504 e. The predicted molar refractivity (Wildman–Crippen MR) is 70.0 cm³/mol. The molecular formula is C15H16O3. The molecule has 0 radical (unpaired) electrons. The third-order valence-electron chi connectivity index (χ3n) is 2.62. The van der Waals surface area contributed by atoms with Gasteiger partial charge in [0, 0.05) is 6.61 Å². The highest BCUT2D eigenvalue weighted by molar-refractivity contribution is 5.44. The number of rotatable bonds is 5. The quantitative estimate of drug-likeness (QED) is 0.849. The van der Waals surface area contributed by atoms with Crippen molar-refractivity contribution in [1.29, 1.82) is 0 Å². The number of phenols is 1. The Kier molecular flexibility index (Phi) is 4.20. The number of aliphatic hydroxyl groups excluding tert-OH is 1. The number of hydrogen-bond donors (Lipinski definition) is 2. The molecule has 2 rings (SSSR count). The second-order valence-corrected chi connectivity index (χ2v) is 4.04. The molecule has 0 bridgehead atoms. The minimum atomic E-state index is 0.117. The molecule has 0 amide bonds. The lowest BCUT2D eigenvalue weighted by Gasteiger charge is -2.09. The summed E-state index contributed by atoms with van der Waals surface area (Å²) >= 11 is 0. The molecule has 94 valence electrons. The molecule has 2 aromatic carbocycles. The van der Waals surface area contributed by atoms with Gasteiger partial charge in [0.05, 0.1) is 0 Å². The Bertz CT molecular complexity index is 494. The van der Waals surface area contributed by atoms with E-state index in [4.69, 9.17) is 9.84 Å². The first-order chi connectivity index (χ1) is 8.79. The lowest BCUT2D eigenvalue weighted by Crippen LogP contribution is -1.91. The van der Waals surface area contributed by atoms with Crippen LogP contribution in [0.1, 0.15) is 12.0 Å². The molecule has 0 atom stereocenters. The molecule has 2 aromatic rings. The summed E-state index contributed by atoms with van der Waals surface area (Å²) in [6.45, 7) is 0.162. The van der Waals surface area contributed by atoms with E-state index in [1.807, 2.05) is 36.4 Å². The normalized spacial score (nSPS) is 10.3. The molecule has 0 aliphatic carbocycles. The zero-order valence-electron chi connectivity index (χ0n) is 10.0. The number of aryl methyl sites for hydroxylation is 1. The highest BCUT2D eigenvalue weighted by Gasteiger charge is 2.05. The zero-order valence-corrected chi connectivity index (χ0v) is 10.0. The van der Waals surface area contributed by atoms with Gasteiger partial charge in [0.15, 0.2) is 11.5 Å². The van der Waals surface area contributed by atoms with Gasteiger partial charge in [-0.25, -0.2) is 0 Å². The molecule has 0 aliphatic heterocycles. The number of hydrogen-bond acceptors (Lipinski definition) is 3. The van der Waals surface area contributed by atoms with Crippen molar-refractivity contribution in [2.75, 3.05) is 6.61 Å². The average molecular weight is 244 g/mol. The molecule has 0 unspecified atom stereocenters. The van der Waals surface area contributed by atoms with Crippen LogP contribution in [0.2, 0.25) is 0 Å². The Morgan fingerprint density at radius 1 is 1.00 bits per heavy atom. The first kappa shape index (κ1) is 12.5. The monoisotopic (exact) mass is 244 g/mol. The molecular weight excluding hydrogens is 228 g/mol. The van der Waals surface area contributed by atoms with Crippen molar-refractivity contribution < 1.29 is 14.9 Å². The van der Waals surface area contributed by atoms with E-state index >= 15 is 0 Å². The maximum Gasteiger partial charge on any atom is 0.169 e. The Morgan fingerprint density at radius 3 is 2.50 bits per heavy atom. The van der Waals surface area contributed by atoms with Crippen molar-refractivity contribution >= 4 is 0 Å². The fourth-order valence-corrected chi connectivity index (χ4v) is 1.69. The SMILES string of the molecule is OCCCc1ccc(O)c(Oc2ccccc2)c1. The van der Waals surface area contributed by atoms with E-state index in [1.165, 1.54) is 0 Å². The molecule has 0 saturated carbocycles. The van der Waals surface area contributed by atoms with Crippen LogP contribution in [0.4, 0.5) is 0 Å². The van der Waals surface area contributed by atoms with E-state index in [0.717, 1.165) is 12.0 Å². The van der Waals surface area contributed by atoms with E-state index in [-0.39, 0.29) is 12.4 Å². The lowest BCUT2D eigenvalue weighted by molar-refractivity contribution is 0.288. The molecule has 0 fully saturated rings. The van der Waals surface area contributed by atoms with Crippen molar-refractivity contribution in [3.63, 3.8) is 0 Å². The molecule has 18 heavy (non-hydrogen) atoms. The topological polar surface area (TPSA) is 49.7 Å². The van der Waals surface area contributed by atoms with Gasteiger partial charge >= 0.3 is 0 Å². The van der Waals surface area contributed by atoms with Gasteiger partial charge in [-0.05, 0) is 42.7 Å². The van der Waals surface area contributed by atoms with Crippen LogP contribution in [0.3, 0.4) is 0 Å². The lowest BCUT2D eigenvalue weighted by atomic mass is 10.1. The zero-order chi connectivity index (χ0) is 12.8. The van der Waals surface area contributed by atoms with Crippen LogP contribution in [0, 0.1) is 0 Å². The van der Waals surface area contributed by atoms with Gasteiger partial charge in [0.1, 0.15) is 5.75 Å². The van der Waals surface area contributed by atoms with Crippen LogP contribution in [-0.4, -0.2) is 16.8 Å². The van der Waals surface area contributed by atoms with E-state index < -0.39 is 0 Å². The second kappa shape index (κ2) is 6.07. The van der Waals surface area contributed by atoms with Crippen LogP contribution < -0.4 is 4.74 Å². The Morgan fingerprint density at radius 2 is 1.78 bits per heavy atom. The standard InChI is InChI=1S/C15H16O3/c16-10-4-5-12-8-9-14(17)15(11-12)18-13-6-2-1-3-7-13/h1-3,6-9,11,16-17H,4-5,10H2. The number of benzene rings is 2. The van der Waals surface area contributed by atoms with Crippen molar-refractivity contribution in [3.05, 3.63) is 54.1 Å². The van der Waals surface area contributed by atoms with Gasteiger partial charge in [0.2, 0.25) is 0 Å². The summed E-state index contributed by atoms with van der Waals surface area (Å²) in [7, 11) is 0. The first-order valence-corrected chi connectivity index (χ1v) is 5.95. The Balaban J connectivity index is 2.16. The van der Waals surface area contributed by atoms with E-state index in [0.29, 0.717) is 17.9 Å². The molecule has 0 aromatic heterocycles. The first-order valence-electron chi connectivity index (χ1n) is 5.95. The van der Waals surface area contributed by atoms with Crippen molar-refractivity contribution in [1.82, 2.24) is 0 Å². The van der Waals surface area contributed by atoms with Crippen LogP contribution in [0.5, 0.6) is 17.2 Å². The minimum absolute atomic E-state index is 0.117. The van der Waals surface area contributed by atoms with Crippen molar-refractivity contribution in [2.24, 2.45) is 0 Å². The van der Waals surface area contributed by atoms with Gasteiger partial charge in [0.25, 0.3) is 0 Å². The molecule has 0 heterocycles. The Hall–Kier alpha value is -2.00. The van der Waals surface area contributed by atoms with Crippen LogP contribution in [-0.2, 0) is 6.42 Å². The number of aliphatic hydroxyl groups is 1. The van der Waals surface area contributed by atoms with Crippen LogP contribution in [0.25, 0.3) is 0 Å². The minimum Gasteiger partial charge on any atom is -0.504 e. The van der Waals surface area contributed by atoms with Gasteiger partial charge in [-0.1, -0.05) is 24.3 Å². The number of para-hydroxylation sites is 1. The number of ether oxygens (including phenoxy) is 1. The van der Waals surface area contributed by atoms with Gasteiger partial charge in [-0.3, -0.25) is 0 Å². The summed E-state index contributed by atoms with van der Waals surface area (Å²) < 4.78 is 5.62. The number of aromatic hydroxyl groups is 1. The predicted octanol–water partition coefficient (Wildman–Crippen LogP) is 3.11. The molecule has 0 aliphatic rings. The maximum atomic E-state index is 9.75. The van der Waals surface area contributed by atoms with Gasteiger partial charge in [-0.2, -0.15) is 0 Å². The van der Waals surface area contributed by atoms with Crippen molar-refractivity contribution in [3.8, 4) is 17.2 Å². The summed E-state index contributed by atoms with van der Waals surface area (Å²) in [6.07, 6.45) is 1.47. The molecule has 0 spiro atoms. The van der Waals surface area contributed by atoms with E-state index in [9.17, 15) is 5.11 Å². The summed E-state index contributed by atoms with van der Waals surface area (Å²) in [5.41, 5.74) is 1.03. The molecule has 3 nitrogen and oxygen atoms in total. The highest BCUT2D eigenvalue weighted by Crippen LogP contribution is 2.31. The molecule has 3 heteroatoms. The van der Waals surface area contributed by atoms with Crippen LogP contribution in [0.15, 0.2) is 48.5 Å². The third kappa shape index (κ3) is 3.25. The smallest absolute Gasteiger partial charge is 0.169 e. The van der Waals surface area contributed by atoms with Gasteiger partial charge in [-0.15, -0.1) is 0 Å². The third-order valence-corrected chi connectivity index (χ3v) is 2.62. The van der Waals surface area contributed by atoms with Gasteiger partial charge < -0.3 is 14.9 Å². The summed E-state index contributed by atoms with van der Waals surface area (Å²) in [5.74, 6) is 1.25. The van der Waals surface area contributed by atoms with Crippen molar-refractivity contribution in [2.45, 2.75) is 12.8 Å². The number of phenolic OH excluding ortho intramolecular Hbond substituents is 1. The highest BCUT2D eigenvalue weighted by atomic mass is 16.5.